The number of ether oxygens (including phenoxy) is 1. The first-order valence-electron chi connectivity index (χ1n) is 14.6. The van der Waals surface area contributed by atoms with E-state index in [1.165, 1.54) is 0 Å². The van der Waals surface area contributed by atoms with Gasteiger partial charge in [-0.1, -0.05) is 127 Å². The summed E-state index contributed by atoms with van der Waals surface area (Å²) in [4.78, 5) is 0. The third-order valence-electron chi connectivity index (χ3n) is 8.70. The predicted octanol–water partition coefficient (Wildman–Crippen LogP) is 4.85. The zero-order valence-electron chi connectivity index (χ0n) is 23.8. The van der Waals surface area contributed by atoms with Crippen molar-refractivity contribution in [3.63, 3.8) is 0 Å². The van der Waals surface area contributed by atoms with Gasteiger partial charge in [0.1, 0.15) is 22.9 Å². The van der Waals surface area contributed by atoms with Crippen molar-refractivity contribution in [2.45, 2.75) is 67.2 Å². The number of hydrogen-bond acceptors (Lipinski definition) is 5. The van der Waals surface area contributed by atoms with Crippen molar-refractivity contribution in [1.82, 2.24) is 0 Å². The van der Waals surface area contributed by atoms with Gasteiger partial charge in [0.05, 0.1) is 12.2 Å². The van der Waals surface area contributed by atoms with E-state index in [0.29, 0.717) is 0 Å². The van der Waals surface area contributed by atoms with Gasteiger partial charge in [0, 0.05) is 25.7 Å². The van der Waals surface area contributed by atoms with Crippen LogP contribution in [0, 0.1) is 0 Å². The number of hydrogen-bond donors (Lipinski definition) is 4. The smallest absolute Gasteiger partial charge is 0.132 e. The summed E-state index contributed by atoms with van der Waals surface area (Å²) in [6, 6.07) is 37.7. The summed E-state index contributed by atoms with van der Waals surface area (Å²) in [6.45, 7) is 3.90. The number of rotatable bonds is 11. The zero-order valence-corrected chi connectivity index (χ0v) is 23.8. The van der Waals surface area contributed by atoms with E-state index >= 15 is 0 Å². The van der Waals surface area contributed by atoms with E-state index in [0.717, 1.165) is 22.3 Å². The molecule has 1 heterocycles. The van der Waals surface area contributed by atoms with E-state index in [9.17, 15) is 20.4 Å². The molecule has 4 N–H and O–H groups in total. The first kappa shape index (κ1) is 29.9. The molecule has 0 spiro atoms. The highest BCUT2D eigenvalue weighted by molar-refractivity contribution is 5.34. The molecule has 5 heteroatoms. The predicted molar refractivity (Wildman–Crippen MR) is 165 cm³/mol. The van der Waals surface area contributed by atoms with Crippen LogP contribution in [0.25, 0.3) is 0 Å². The maximum absolute atomic E-state index is 13.1. The molecular formula is C37H40O5. The second kappa shape index (κ2) is 12.7. The van der Waals surface area contributed by atoms with Gasteiger partial charge in [0.15, 0.2) is 0 Å². The lowest BCUT2D eigenvalue weighted by Crippen LogP contribution is -2.83. The van der Waals surface area contributed by atoms with E-state index in [1.54, 1.807) is 6.08 Å². The Hall–Kier alpha value is -3.58. The van der Waals surface area contributed by atoms with Crippen molar-refractivity contribution >= 4 is 0 Å². The molecule has 5 rings (SSSR count). The molecule has 1 unspecified atom stereocenters. The van der Waals surface area contributed by atoms with Crippen molar-refractivity contribution in [3.8, 4) is 0 Å². The second-order valence-electron chi connectivity index (χ2n) is 11.5. The van der Waals surface area contributed by atoms with Crippen molar-refractivity contribution in [1.29, 1.82) is 0 Å². The third kappa shape index (κ3) is 5.84. The van der Waals surface area contributed by atoms with Crippen LogP contribution >= 0.6 is 0 Å². The Morgan fingerprint density at radius 3 is 1.48 bits per heavy atom. The fraction of sp³-hybridized carbons (Fsp3) is 0.297. The highest BCUT2D eigenvalue weighted by Gasteiger charge is 2.71. The average molecular weight is 565 g/mol. The molecule has 1 fully saturated rings. The molecule has 0 amide bonds. The van der Waals surface area contributed by atoms with Crippen LogP contribution in [-0.4, -0.2) is 55.5 Å². The molecule has 5 nitrogen and oxygen atoms in total. The summed E-state index contributed by atoms with van der Waals surface area (Å²) < 4.78 is 6.59. The normalized spacial score (nSPS) is 28.2. The lowest BCUT2D eigenvalue weighted by molar-refractivity contribution is -0.365. The van der Waals surface area contributed by atoms with Crippen molar-refractivity contribution in [2.24, 2.45) is 0 Å². The second-order valence-corrected chi connectivity index (χ2v) is 11.5. The molecule has 0 radical (unpaired) electrons. The quantitative estimate of drug-likeness (QED) is 0.196. The van der Waals surface area contributed by atoms with E-state index in [1.807, 2.05) is 121 Å². The Labute approximate surface area is 248 Å². The summed E-state index contributed by atoms with van der Waals surface area (Å²) in [5.41, 5.74) is -3.06. The van der Waals surface area contributed by atoms with Crippen molar-refractivity contribution in [3.05, 3.63) is 156 Å². The number of aliphatic hydroxyl groups is 4. The summed E-state index contributed by atoms with van der Waals surface area (Å²) in [7, 11) is 0. The molecule has 0 aromatic heterocycles. The molecule has 1 saturated heterocycles. The first-order chi connectivity index (χ1) is 20.3. The highest BCUT2D eigenvalue weighted by atomic mass is 16.6. The number of benzene rings is 4. The number of aliphatic hydroxyl groups excluding tert-OH is 1. The highest BCUT2D eigenvalue weighted by Crippen LogP contribution is 2.51. The topological polar surface area (TPSA) is 90.2 Å². The molecule has 4 aromatic carbocycles. The van der Waals surface area contributed by atoms with Crippen LogP contribution in [-0.2, 0) is 30.4 Å². The molecule has 0 bridgehead atoms. The Balaban J connectivity index is 1.70. The summed E-state index contributed by atoms with van der Waals surface area (Å²) in [5, 5.41) is 50.8. The summed E-state index contributed by atoms with van der Waals surface area (Å²) in [6.07, 6.45) is -1.42. The molecule has 1 aliphatic heterocycles. The van der Waals surface area contributed by atoms with Gasteiger partial charge in [-0.2, -0.15) is 0 Å². The molecule has 4 aromatic rings. The SMILES string of the molecule is C=CC[C@@H]1O[C@H](C(O)Cc2ccccc2)[C@@](O)(Cc2ccccc2)[C@@](O)(Cc2ccccc2)[C@]1(O)Cc1ccccc1. The average Bonchev–Trinajstić information content (AvgIpc) is 3.00. The Kier molecular flexibility index (Phi) is 9.07. The largest absolute Gasteiger partial charge is 0.390 e. The van der Waals surface area contributed by atoms with Gasteiger partial charge in [0.2, 0.25) is 0 Å². The van der Waals surface area contributed by atoms with Crippen molar-refractivity contribution in [2.75, 3.05) is 0 Å². The fourth-order valence-electron chi connectivity index (χ4n) is 6.57. The van der Waals surface area contributed by atoms with Crippen LogP contribution in [0.15, 0.2) is 134 Å². The van der Waals surface area contributed by atoms with Gasteiger partial charge in [-0.15, -0.1) is 6.58 Å². The minimum absolute atomic E-state index is 0.0221. The van der Waals surface area contributed by atoms with E-state index in [-0.39, 0.29) is 32.1 Å². The minimum atomic E-state index is -2.15. The van der Waals surface area contributed by atoms with Gasteiger partial charge < -0.3 is 25.2 Å². The van der Waals surface area contributed by atoms with Crippen LogP contribution < -0.4 is 0 Å². The molecule has 42 heavy (non-hydrogen) atoms. The monoisotopic (exact) mass is 564 g/mol. The lowest BCUT2D eigenvalue weighted by Gasteiger charge is -2.62. The van der Waals surface area contributed by atoms with E-state index in [4.69, 9.17) is 4.74 Å². The van der Waals surface area contributed by atoms with Gasteiger partial charge in [-0.3, -0.25) is 0 Å². The van der Waals surface area contributed by atoms with Gasteiger partial charge >= 0.3 is 0 Å². The van der Waals surface area contributed by atoms with Gasteiger partial charge in [-0.05, 0) is 28.7 Å². The molecule has 1 aliphatic rings. The Morgan fingerprint density at radius 1 is 0.619 bits per heavy atom. The molecule has 0 saturated carbocycles. The van der Waals surface area contributed by atoms with Gasteiger partial charge in [-0.25, -0.2) is 0 Å². The Morgan fingerprint density at radius 2 is 1.02 bits per heavy atom. The van der Waals surface area contributed by atoms with Crippen molar-refractivity contribution < 1.29 is 25.2 Å². The van der Waals surface area contributed by atoms with Gasteiger partial charge in [0.25, 0.3) is 0 Å². The summed E-state index contributed by atoms with van der Waals surface area (Å²) in [5.74, 6) is 0. The minimum Gasteiger partial charge on any atom is -0.390 e. The Bertz CT molecular complexity index is 1410. The standard InChI is InChI=1S/C37H40O5/c1-2-15-33-35(39,25-29-18-9-4-10-19-29)37(41,27-31-22-13-6-14-23-31)36(40,26-30-20-11-5-12-21-30)34(42-33)32(38)24-28-16-7-3-8-17-28/h2-14,16-23,32-34,38-41H,1,15,24-27H2/t32?,33-,34+,35-,36-,37+/m0/s1. The van der Waals surface area contributed by atoms with Crippen LogP contribution in [0.1, 0.15) is 28.7 Å². The van der Waals surface area contributed by atoms with Crippen LogP contribution in [0.2, 0.25) is 0 Å². The maximum Gasteiger partial charge on any atom is 0.132 e. The summed E-state index contributed by atoms with van der Waals surface area (Å²) >= 11 is 0. The van der Waals surface area contributed by atoms with Crippen LogP contribution in [0.3, 0.4) is 0 Å². The van der Waals surface area contributed by atoms with E-state index in [2.05, 4.69) is 6.58 Å². The first-order valence-corrected chi connectivity index (χ1v) is 14.6. The third-order valence-corrected chi connectivity index (χ3v) is 8.70. The molecule has 0 aliphatic carbocycles. The van der Waals surface area contributed by atoms with Crippen LogP contribution in [0.5, 0.6) is 0 Å². The molecular weight excluding hydrogens is 524 g/mol. The zero-order chi connectivity index (χ0) is 29.6. The fourth-order valence-corrected chi connectivity index (χ4v) is 6.57. The van der Waals surface area contributed by atoms with Crippen LogP contribution in [0.4, 0.5) is 0 Å². The molecule has 218 valence electrons. The maximum atomic E-state index is 13.1. The van der Waals surface area contributed by atoms with E-state index < -0.39 is 35.1 Å². The molecule has 6 atom stereocenters. The lowest BCUT2D eigenvalue weighted by atomic mass is 9.57.